The van der Waals surface area contributed by atoms with Gasteiger partial charge in [-0.25, -0.2) is 17.5 Å². The van der Waals surface area contributed by atoms with Crippen LogP contribution in [0.1, 0.15) is 61.6 Å². The Morgan fingerprint density at radius 2 is 1.78 bits per heavy atom. The molecule has 1 saturated heterocycles. The van der Waals surface area contributed by atoms with E-state index in [0.717, 1.165) is 22.3 Å². The van der Waals surface area contributed by atoms with Crippen LogP contribution in [0.25, 0.3) is 0 Å². The normalized spacial score (nSPS) is 21.5. The molecule has 0 unspecified atom stereocenters. The van der Waals surface area contributed by atoms with E-state index in [2.05, 4.69) is 5.32 Å². The Balaban J connectivity index is 1.35. The van der Waals surface area contributed by atoms with Gasteiger partial charge in [-0.05, 0) is 87.6 Å². The van der Waals surface area contributed by atoms with Crippen LogP contribution in [-0.4, -0.2) is 68.1 Å². The molecule has 1 spiro atoms. The number of carbonyl (C=O) groups is 2. The quantitative estimate of drug-likeness (QED) is 0.459. The number of allylic oxidation sites excluding steroid dienone is 2. The van der Waals surface area contributed by atoms with Crippen molar-refractivity contribution in [3.05, 3.63) is 40.5 Å². The van der Waals surface area contributed by atoms with Crippen LogP contribution in [0.5, 0.6) is 0 Å². The predicted molar refractivity (Wildman–Crippen MR) is 151 cm³/mol. The van der Waals surface area contributed by atoms with E-state index in [1.54, 1.807) is 7.05 Å². The molecule has 0 aromatic heterocycles. The highest BCUT2D eigenvalue weighted by Crippen LogP contribution is 2.36. The summed E-state index contributed by atoms with van der Waals surface area (Å²) in [6, 6.07) is 3.04. The number of hydrogen-bond acceptors (Lipinski definition) is 5. The molecule has 1 aliphatic carbocycles. The average molecular weight is 598 g/mol. The highest BCUT2D eigenvalue weighted by molar-refractivity contribution is 7.89. The summed E-state index contributed by atoms with van der Waals surface area (Å²) >= 11 is 0. The summed E-state index contributed by atoms with van der Waals surface area (Å²) in [7, 11) is -2.02. The van der Waals surface area contributed by atoms with Crippen LogP contribution < -0.4 is 16.0 Å². The summed E-state index contributed by atoms with van der Waals surface area (Å²) in [5, 5.41) is 2.90. The molecule has 0 bridgehead atoms. The highest BCUT2D eigenvalue weighted by atomic mass is 32.2. The fourth-order valence-electron chi connectivity index (χ4n) is 5.98. The number of anilines is 1. The number of aryl methyl sites for hydroxylation is 2. The second-order valence-electron chi connectivity index (χ2n) is 11.4. The van der Waals surface area contributed by atoms with Gasteiger partial charge in [-0.1, -0.05) is 11.6 Å². The number of hydrogen-bond donors (Lipinski definition) is 2. The van der Waals surface area contributed by atoms with Crippen LogP contribution in [-0.2, 0) is 21.2 Å². The number of benzene rings is 1. The molecule has 3 aliphatic rings. The minimum absolute atomic E-state index is 0.0243. The second-order valence-corrected chi connectivity index (χ2v) is 13.4. The summed E-state index contributed by atoms with van der Waals surface area (Å²) in [6.45, 7) is 4.11. The molecule has 4 rings (SSSR count). The lowest BCUT2D eigenvalue weighted by Gasteiger charge is -2.34. The van der Waals surface area contributed by atoms with E-state index in [1.165, 1.54) is 15.3 Å². The Kier molecular flexibility index (Phi) is 8.89. The van der Waals surface area contributed by atoms with Gasteiger partial charge in [0.15, 0.2) is 0 Å². The van der Waals surface area contributed by atoms with Crippen LogP contribution in [0.15, 0.2) is 28.8 Å². The van der Waals surface area contributed by atoms with E-state index in [4.69, 9.17) is 10.7 Å². The van der Waals surface area contributed by atoms with Crippen molar-refractivity contribution in [3.63, 3.8) is 0 Å². The van der Waals surface area contributed by atoms with Gasteiger partial charge in [0.25, 0.3) is 5.91 Å². The monoisotopic (exact) mass is 597 g/mol. The minimum Gasteiger partial charge on any atom is -0.351 e. The van der Waals surface area contributed by atoms with Crippen molar-refractivity contribution in [2.45, 2.75) is 76.9 Å². The number of nitrogens with one attached hydrogen (secondary N) is 1. The molecule has 1 aromatic carbocycles. The van der Waals surface area contributed by atoms with Crippen molar-refractivity contribution in [1.82, 2.24) is 9.62 Å². The first-order valence-electron chi connectivity index (χ1n) is 13.9. The molecule has 1 aromatic rings. The van der Waals surface area contributed by atoms with Gasteiger partial charge in [0, 0.05) is 31.7 Å². The van der Waals surface area contributed by atoms with E-state index < -0.39 is 34.2 Å². The third-order valence-corrected chi connectivity index (χ3v) is 10.5. The largest absolute Gasteiger partial charge is 0.392 e. The van der Waals surface area contributed by atoms with Gasteiger partial charge >= 0.3 is 12.2 Å². The number of halogens is 3. The van der Waals surface area contributed by atoms with Gasteiger partial charge in [0.05, 0.1) is 12.2 Å². The first-order valence-corrected chi connectivity index (χ1v) is 15.5. The third-order valence-electron chi connectivity index (χ3n) is 8.59. The smallest absolute Gasteiger partial charge is 0.351 e. The maximum absolute atomic E-state index is 13.2. The van der Waals surface area contributed by atoms with Gasteiger partial charge in [-0.2, -0.15) is 13.2 Å². The van der Waals surface area contributed by atoms with Crippen LogP contribution in [0.4, 0.5) is 23.7 Å². The fraction of sp³-hybridized carbons (Fsp3) is 0.607. The molecule has 1 saturated carbocycles. The van der Waals surface area contributed by atoms with Crippen molar-refractivity contribution >= 4 is 33.5 Å². The summed E-state index contributed by atoms with van der Waals surface area (Å²) in [6.07, 6.45) is -0.681. The molecule has 3 N–H and O–H groups in total. The van der Waals surface area contributed by atoms with E-state index in [-0.39, 0.29) is 43.5 Å². The van der Waals surface area contributed by atoms with Gasteiger partial charge in [0.2, 0.25) is 10.0 Å². The highest BCUT2D eigenvalue weighted by Gasteiger charge is 2.48. The first-order chi connectivity index (χ1) is 19.1. The number of nitrogens with zero attached hydrogens (tertiary/aromatic N) is 3. The molecule has 0 atom stereocenters. The third kappa shape index (κ3) is 7.11. The number of urea groups is 1. The zero-order valence-corrected chi connectivity index (χ0v) is 24.5. The van der Waals surface area contributed by atoms with Crippen molar-refractivity contribution in [1.29, 1.82) is 0 Å². The number of amides is 3. The zero-order chi connectivity index (χ0) is 30.2. The lowest BCUT2D eigenvalue weighted by molar-refractivity contribution is -0.125. The maximum Gasteiger partial charge on any atom is 0.392 e. The average Bonchev–Trinajstić information content (AvgIpc) is 3.21. The SMILES string of the molecule is Cc1cc(N(C)C(N)=O)cc(C)c1CCS(=O)(=O)N1CCC2(CC1)N=C(C1CCC(=CCC(F)(F)F)CC1)NC2=O. The Bertz CT molecular complexity index is 1330. The Hall–Kier alpha value is -2.93. The van der Waals surface area contributed by atoms with Crippen LogP contribution >= 0.6 is 0 Å². The number of rotatable bonds is 7. The summed E-state index contributed by atoms with van der Waals surface area (Å²) in [4.78, 5) is 30.6. The topological polar surface area (TPSA) is 125 Å². The van der Waals surface area contributed by atoms with E-state index >= 15 is 0 Å². The van der Waals surface area contributed by atoms with E-state index in [1.807, 2.05) is 26.0 Å². The van der Waals surface area contributed by atoms with Crippen molar-refractivity contribution in [2.24, 2.45) is 16.6 Å². The van der Waals surface area contributed by atoms with E-state index in [9.17, 15) is 31.2 Å². The first kappa shape index (κ1) is 31.0. The number of primary amides is 1. The molecular weight excluding hydrogens is 559 g/mol. The fourth-order valence-corrected chi connectivity index (χ4v) is 7.44. The molecule has 226 valence electrons. The van der Waals surface area contributed by atoms with Crippen LogP contribution in [0.2, 0.25) is 0 Å². The molecule has 2 fully saturated rings. The van der Waals surface area contributed by atoms with Crippen molar-refractivity contribution < 1.29 is 31.2 Å². The molecule has 13 heteroatoms. The summed E-state index contributed by atoms with van der Waals surface area (Å²) in [5.74, 6) is 0.246. The lowest BCUT2D eigenvalue weighted by atomic mass is 9.84. The van der Waals surface area contributed by atoms with Gasteiger partial charge in [0.1, 0.15) is 11.4 Å². The number of aliphatic imine (C=N–C) groups is 1. The van der Waals surface area contributed by atoms with E-state index in [0.29, 0.717) is 43.6 Å². The molecule has 3 amide bonds. The Morgan fingerprint density at radius 3 is 2.32 bits per heavy atom. The molecule has 2 heterocycles. The zero-order valence-electron chi connectivity index (χ0n) is 23.7. The van der Waals surface area contributed by atoms with Gasteiger partial charge in [-0.3, -0.25) is 14.7 Å². The summed E-state index contributed by atoms with van der Waals surface area (Å²) < 4.78 is 65.5. The predicted octanol–water partition coefficient (Wildman–Crippen LogP) is 4.12. The minimum atomic E-state index is -4.21. The molecular formula is C28H38F3N5O4S. The molecule has 0 radical (unpaired) electrons. The number of sulfonamides is 1. The van der Waals surface area contributed by atoms with Crippen LogP contribution in [0, 0.1) is 19.8 Å². The molecule has 41 heavy (non-hydrogen) atoms. The number of nitrogens with two attached hydrogens (primary N) is 1. The van der Waals surface area contributed by atoms with Gasteiger partial charge in [-0.15, -0.1) is 0 Å². The van der Waals surface area contributed by atoms with Crippen molar-refractivity contribution in [3.8, 4) is 0 Å². The number of piperidine rings is 1. The number of alkyl halides is 3. The maximum atomic E-state index is 13.2. The van der Waals surface area contributed by atoms with Gasteiger partial charge < -0.3 is 11.1 Å². The number of carbonyl (C=O) groups excluding carboxylic acids is 2. The Labute approximate surface area is 239 Å². The standard InChI is InChI=1S/C28H38F3N5O4S/c1-18-16-22(35(3)26(32)38)17-19(2)23(18)9-15-41(39,40)36-13-11-27(12-14-36)25(37)33-24(34-27)21-6-4-20(5-7-21)8-10-28(29,30)31/h8,16-17,21H,4-7,9-15H2,1-3H3,(H2,32,38)(H,33,34,37). The second kappa shape index (κ2) is 11.7. The summed E-state index contributed by atoms with van der Waals surface area (Å²) in [5.41, 5.74) is 8.44. The van der Waals surface area contributed by atoms with Crippen LogP contribution in [0.3, 0.4) is 0 Å². The van der Waals surface area contributed by atoms with Crippen molar-refractivity contribution in [2.75, 3.05) is 30.8 Å². The lowest BCUT2D eigenvalue weighted by Crippen LogP contribution is -2.51. The number of amidine groups is 1. The molecule has 2 aliphatic heterocycles. The Morgan fingerprint density at radius 1 is 1.20 bits per heavy atom. The molecule has 9 nitrogen and oxygen atoms in total.